The van der Waals surface area contributed by atoms with Crippen molar-refractivity contribution in [2.75, 3.05) is 5.32 Å². The number of aryl methyl sites for hydroxylation is 1. The number of anilines is 1. The SMILES string of the molecule is Cc1nc(-c2cccc(NC(C)C3CC3)c2)cs1. The number of nitrogens with zero attached hydrogens (tertiary/aromatic N) is 1. The van der Waals surface area contributed by atoms with Crippen LogP contribution in [0.15, 0.2) is 29.6 Å². The van der Waals surface area contributed by atoms with Gasteiger partial charge in [-0.15, -0.1) is 11.3 Å². The van der Waals surface area contributed by atoms with Gasteiger partial charge >= 0.3 is 0 Å². The molecule has 0 amide bonds. The Balaban J connectivity index is 1.80. The maximum Gasteiger partial charge on any atom is 0.0901 e. The molecular weight excluding hydrogens is 240 g/mol. The summed E-state index contributed by atoms with van der Waals surface area (Å²) in [5.74, 6) is 0.871. The van der Waals surface area contributed by atoms with Crippen molar-refractivity contribution in [2.45, 2.75) is 32.7 Å². The normalized spacial score (nSPS) is 16.6. The van der Waals surface area contributed by atoms with E-state index in [4.69, 9.17) is 0 Å². The molecule has 1 heterocycles. The summed E-state index contributed by atoms with van der Waals surface area (Å²) in [4.78, 5) is 4.54. The monoisotopic (exact) mass is 258 g/mol. The molecule has 1 aliphatic carbocycles. The molecule has 0 saturated heterocycles. The molecule has 0 spiro atoms. The number of rotatable bonds is 4. The zero-order chi connectivity index (χ0) is 12.5. The van der Waals surface area contributed by atoms with E-state index in [-0.39, 0.29) is 0 Å². The van der Waals surface area contributed by atoms with Gasteiger partial charge in [0, 0.05) is 22.7 Å². The van der Waals surface area contributed by atoms with Gasteiger partial charge in [0.05, 0.1) is 10.7 Å². The molecule has 1 N–H and O–H groups in total. The summed E-state index contributed by atoms with van der Waals surface area (Å²) in [7, 11) is 0. The van der Waals surface area contributed by atoms with E-state index in [1.54, 1.807) is 11.3 Å². The van der Waals surface area contributed by atoms with Crippen molar-refractivity contribution in [2.24, 2.45) is 5.92 Å². The molecule has 0 bridgehead atoms. The van der Waals surface area contributed by atoms with E-state index < -0.39 is 0 Å². The zero-order valence-corrected chi connectivity index (χ0v) is 11.6. The first-order valence-corrected chi connectivity index (χ1v) is 7.39. The second-order valence-corrected chi connectivity index (χ2v) is 6.17. The van der Waals surface area contributed by atoms with Crippen LogP contribution in [-0.2, 0) is 0 Å². The molecule has 1 aliphatic rings. The highest BCUT2D eigenvalue weighted by molar-refractivity contribution is 7.09. The largest absolute Gasteiger partial charge is 0.382 e. The van der Waals surface area contributed by atoms with Crippen molar-refractivity contribution in [1.29, 1.82) is 0 Å². The van der Waals surface area contributed by atoms with Gasteiger partial charge in [-0.3, -0.25) is 0 Å². The van der Waals surface area contributed by atoms with E-state index in [1.807, 2.05) is 6.92 Å². The van der Waals surface area contributed by atoms with E-state index in [9.17, 15) is 0 Å². The Morgan fingerprint density at radius 2 is 2.22 bits per heavy atom. The van der Waals surface area contributed by atoms with Crippen LogP contribution in [0.2, 0.25) is 0 Å². The van der Waals surface area contributed by atoms with Crippen LogP contribution in [0.25, 0.3) is 11.3 Å². The van der Waals surface area contributed by atoms with E-state index >= 15 is 0 Å². The predicted molar refractivity (Wildman–Crippen MR) is 78.1 cm³/mol. The first-order valence-electron chi connectivity index (χ1n) is 6.51. The van der Waals surface area contributed by atoms with Gasteiger partial charge in [0.1, 0.15) is 0 Å². The van der Waals surface area contributed by atoms with Crippen molar-refractivity contribution in [1.82, 2.24) is 4.98 Å². The average molecular weight is 258 g/mol. The first-order chi connectivity index (χ1) is 8.72. The Morgan fingerprint density at radius 1 is 1.39 bits per heavy atom. The number of hydrogen-bond acceptors (Lipinski definition) is 3. The van der Waals surface area contributed by atoms with Gasteiger partial charge in [-0.05, 0) is 44.7 Å². The summed E-state index contributed by atoms with van der Waals surface area (Å²) in [5, 5.41) is 6.84. The van der Waals surface area contributed by atoms with Gasteiger partial charge < -0.3 is 5.32 Å². The third kappa shape index (κ3) is 2.56. The maximum absolute atomic E-state index is 4.54. The molecule has 1 fully saturated rings. The number of benzene rings is 1. The van der Waals surface area contributed by atoms with Crippen LogP contribution in [0.4, 0.5) is 5.69 Å². The van der Waals surface area contributed by atoms with Crippen LogP contribution in [0.5, 0.6) is 0 Å². The van der Waals surface area contributed by atoms with E-state index in [0.29, 0.717) is 6.04 Å². The fraction of sp³-hybridized carbons (Fsp3) is 0.400. The van der Waals surface area contributed by atoms with Gasteiger partial charge in [0.2, 0.25) is 0 Å². The molecule has 2 nitrogen and oxygen atoms in total. The summed E-state index contributed by atoms with van der Waals surface area (Å²) >= 11 is 1.70. The summed E-state index contributed by atoms with van der Waals surface area (Å²) in [5.41, 5.74) is 3.49. The number of hydrogen-bond donors (Lipinski definition) is 1. The lowest BCUT2D eigenvalue weighted by Gasteiger charge is -2.14. The van der Waals surface area contributed by atoms with Crippen molar-refractivity contribution in [3.8, 4) is 11.3 Å². The summed E-state index contributed by atoms with van der Waals surface area (Å²) in [6.07, 6.45) is 2.75. The first kappa shape index (κ1) is 11.7. The van der Waals surface area contributed by atoms with Gasteiger partial charge in [0.25, 0.3) is 0 Å². The Hall–Kier alpha value is -1.35. The molecule has 1 aromatic carbocycles. The van der Waals surface area contributed by atoms with Crippen molar-refractivity contribution < 1.29 is 0 Å². The molecule has 2 aromatic rings. The second kappa shape index (κ2) is 4.73. The van der Waals surface area contributed by atoms with E-state index in [2.05, 4.69) is 46.9 Å². The Labute approximate surface area is 112 Å². The fourth-order valence-corrected chi connectivity index (χ4v) is 2.86. The topological polar surface area (TPSA) is 24.9 Å². The lowest BCUT2D eigenvalue weighted by molar-refractivity contribution is 0.694. The maximum atomic E-state index is 4.54. The van der Waals surface area contributed by atoms with Crippen molar-refractivity contribution in [3.63, 3.8) is 0 Å². The third-order valence-electron chi connectivity index (χ3n) is 3.50. The zero-order valence-electron chi connectivity index (χ0n) is 10.8. The van der Waals surface area contributed by atoms with Gasteiger partial charge in [-0.25, -0.2) is 4.98 Å². The van der Waals surface area contributed by atoms with E-state index in [1.165, 1.54) is 24.1 Å². The average Bonchev–Trinajstić information content (AvgIpc) is 3.12. The number of thiazole rings is 1. The molecule has 1 saturated carbocycles. The number of aromatic nitrogens is 1. The summed E-state index contributed by atoms with van der Waals surface area (Å²) < 4.78 is 0. The fourth-order valence-electron chi connectivity index (χ4n) is 2.24. The quantitative estimate of drug-likeness (QED) is 0.883. The predicted octanol–water partition coefficient (Wildman–Crippen LogP) is 4.33. The van der Waals surface area contributed by atoms with Crippen LogP contribution in [-0.4, -0.2) is 11.0 Å². The standard InChI is InChI=1S/C15H18N2S/c1-10(12-6-7-12)16-14-5-3-4-13(8-14)15-9-18-11(2)17-15/h3-5,8-10,12,16H,6-7H2,1-2H3. The summed E-state index contributed by atoms with van der Waals surface area (Å²) in [6, 6.07) is 9.15. The highest BCUT2D eigenvalue weighted by Gasteiger charge is 2.27. The van der Waals surface area contributed by atoms with Gasteiger partial charge in [0.15, 0.2) is 0 Å². The Bertz CT molecular complexity index is 543. The minimum atomic E-state index is 0.581. The van der Waals surface area contributed by atoms with Crippen LogP contribution in [0.3, 0.4) is 0 Å². The molecule has 3 heteroatoms. The minimum absolute atomic E-state index is 0.581. The molecule has 1 unspecified atom stereocenters. The molecule has 1 aromatic heterocycles. The molecule has 18 heavy (non-hydrogen) atoms. The smallest absolute Gasteiger partial charge is 0.0901 e. The Morgan fingerprint density at radius 3 is 2.89 bits per heavy atom. The van der Waals surface area contributed by atoms with Crippen LogP contribution < -0.4 is 5.32 Å². The van der Waals surface area contributed by atoms with Crippen LogP contribution >= 0.6 is 11.3 Å². The molecular formula is C15H18N2S. The highest BCUT2D eigenvalue weighted by atomic mass is 32.1. The molecule has 94 valence electrons. The van der Waals surface area contributed by atoms with Crippen molar-refractivity contribution in [3.05, 3.63) is 34.7 Å². The third-order valence-corrected chi connectivity index (χ3v) is 4.27. The van der Waals surface area contributed by atoms with E-state index in [0.717, 1.165) is 16.6 Å². The molecule has 0 aliphatic heterocycles. The summed E-state index contributed by atoms with van der Waals surface area (Å²) in [6.45, 7) is 4.32. The van der Waals surface area contributed by atoms with Gasteiger partial charge in [-0.1, -0.05) is 12.1 Å². The lowest BCUT2D eigenvalue weighted by atomic mass is 10.1. The molecule has 1 atom stereocenters. The lowest BCUT2D eigenvalue weighted by Crippen LogP contribution is -2.17. The minimum Gasteiger partial charge on any atom is -0.382 e. The molecule has 3 rings (SSSR count). The Kier molecular flexibility index (Phi) is 3.08. The molecule has 0 radical (unpaired) electrons. The van der Waals surface area contributed by atoms with Crippen LogP contribution in [0, 0.1) is 12.8 Å². The second-order valence-electron chi connectivity index (χ2n) is 5.10. The van der Waals surface area contributed by atoms with Crippen molar-refractivity contribution >= 4 is 17.0 Å². The highest BCUT2D eigenvalue weighted by Crippen LogP contribution is 2.34. The van der Waals surface area contributed by atoms with Gasteiger partial charge in [-0.2, -0.15) is 0 Å². The van der Waals surface area contributed by atoms with Crippen LogP contribution in [0.1, 0.15) is 24.8 Å². The number of nitrogens with one attached hydrogen (secondary N) is 1.